The number of methoxy groups -OCH3 is 1. The maximum Gasteiger partial charge on any atom is 0.337 e. The van der Waals surface area contributed by atoms with Crippen molar-refractivity contribution in [2.45, 2.75) is 5.03 Å². The van der Waals surface area contributed by atoms with Crippen molar-refractivity contribution in [2.75, 3.05) is 18.2 Å². The van der Waals surface area contributed by atoms with Crippen LogP contribution in [0.4, 0.5) is 5.69 Å². The van der Waals surface area contributed by atoms with Gasteiger partial charge in [-0.2, -0.15) is 9.61 Å². The lowest BCUT2D eigenvalue weighted by Crippen LogP contribution is -2.14. The molecule has 0 saturated carbocycles. The SMILES string of the molecule is COC(=O)c1ccc(NC(=O)CSc2ccc3nnc(-c4cccs4)n3n2)cc1. The maximum absolute atomic E-state index is 12.2. The van der Waals surface area contributed by atoms with Gasteiger partial charge in [-0.25, -0.2) is 4.79 Å². The lowest BCUT2D eigenvalue weighted by Gasteiger charge is -2.06. The molecule has 0 saturated heterocycles. The number of benzene rings is 1. The summed E-state index contributed by atoms with van der Waals surface area (Å²) in [6.07, 6.45) is 0. The van der Waals surface area contributed by atoms with Crippen molar-refractivity contribution in [3.63, 3.8) is 0 Å². The van der Waals surface area contributed by atoms with Gasteiger partial charge >= 0.3 is 5.97 Å². The molecule has 0 radical (unpaired) electrons. The summed E-state index contributed by atoms with van der Waals surface area (Å²) < 4.78 is 6.33. The molecule has 4 aromatic rings. The van der Waals surface area contributed by atoms with E-state index >= 15 is 0 Å². The third-order valence-electron chi connectivity index (χ3n) is 3.92. The number of anilines is 1. The Morgan fingerprint density at radius 1 is 1.14 bits per heavy atom. The molecule has 8 nitrogen and oxygen atoms in total. The fourth-order valence-corrected chi connectivity index (χ4v) is 3.90. The Morgan fingerprint density at radius 3 is 2.69 bits per heavy atom. The first-order valence-electron chi connectivity index (χ1n) is 8.51. The number of carbonyl (C=O) groups is 2. The van der Waals surface area contributed by atoms with Gasteiger partial charge < -0.3 is 10.1 Å². The second-order valence-corrected chi connectivity index (χ2v) is 7.79. The van der Waals surface area contributed by atoms with Crippen molar-refractivity contribution in [1.29, 1.82) is 0 Å². The molecule has 0 aliphatic rings. The van der Waals surface area contributed by atoms with Crippen molar-refractivity contribution in [3.8, 4) is 10.7 Å². The van der Waals surface area contributed by atoms with Crippen LogP contribution in [0.25, 0.3) is 16.3 Å². The van der Waals surface area contributed by atoms with Crippen LogP contribution in [0.5, 0.6) is 0 Å². The number of amides is 1. The first-order valence-corrected chi connectivity index (χ1v) is 10.4. The van der Waals surface area contributed by atoms with Gasteiger partial charge in [0.25, 0.3) is 0 Å². The van der Waals surface area contributed by atoms with Gasteiger partial charge in [0.1, 0.15) is 5.03 Å². The fourth-order valence-electron chi connectivity index (χ4n) is 2.55. The summed E-state index contributed by atoms with van der Waals surface area (Å²) in [6.45, 7) is 0. The number of hydrogen-bond donors (Lipinski definition) is 1. The Kier molecular flexibility index (Phi) is 5.54. The summed E-state index contributed by atoms with van der Waals surface area (Å²) in [4.78, 5) is 24.7. The highest BCUT2D eigenvalue weighted by atomic mass is 32.2. The number of fused-ring (bicyclic) bond motifs is 1. The molecule has 1 N–H and O–H groups in total. The van der Waals surface area contributed by atoms with Gasteiger partial charge in [0.05, 0.1) is 23.3 Å². The van der Waals surface area contributed by atoms with Crippen LogP contribution in [0.3, 0.4) is 0 Å². The third-order valence-corrected chi connectivity index (χ3v) is 5.71. The average molecular weight is 425 g/mol. The second kappa shape index (κ2) is 8.41. The van der Waals surface area contributed by atoms with E-state index in [0.29, 0.717) is 27.7 Å². The van der Waals surface area contributed by atoms with Crippen molar-refractivity contribution < 1.29 is 14.3 Å². The quantitative estimate of drug-likeness (QED) is 0.373. The molecule has 4 rings (SSSR count). The van der Waals surface area contributed by atoms with Crippen molar-refractivity contribution in [3.05, 3.63) is 59.5 Å². The van der Waals surface area contributed by atoms with E-state index in [4.69, 9.17) is 0 Å². The van der Waals surface area contributed by atoms with Gasteiger partial charge in [-0.15, -0.1) is 21.5 Å². The predicted octanol–water partition coefficient (Wildman–Crippen LogP) is 3.37. The summed E-state index contributed by atoms with van der Waals surface area (Å²) in [5, 5.41) is 18.3. The molecule has 0 unspecified atom stereocenters. The monoisotopic (exact) mass is 425 g/mol. The van der Waals surface area contributed by atoms with Crippen molar-refractivity contribution in [1.82, 2.24) is 19.8 Å². The molecular formula is C19H15N5O3S2. The Hall–Kier alpha value is -3.24. The Bertz CT molecular complexity index is 1160. The van der Waals surface area contributed by atoms with E-state index < -0.39 is 5.97 Å². The first-order chi connectivity index (χ1) is 14.1. The number of esters is 1. The van der Waals surface area contributed by atoms with Gasteiger partial charge in [0.2, 0.25) is 5.91 Å². The standard InChI is InChI=1S/C19H15N5O3S2/c1-27-19(26)12-4-6-13(7-5-12)20-16(25)11-29-17-9-8-15-21-22-18(24(15)23-17)14-3-2-10-28-14/h2-10H,11H2,1H3,(H,20,25). The largest absolute Gasteiger partial charge is 0.465 e. The van der Waals surface area contributed by atoms with Crippen LogP contribution in [-0.2, 0) is 9.53 Å². The van der Waals surface area contributed by atoms with Crippen LogP contribution < -0.4 is 5.32 Å². The van der Waals surface area contributed by atoms with Crippen LogP contribution in [0.2, 0.25) is 0 Å². The minimum atomic E-state index is -0.421. The van der Waals surface area contributed by atoms with Gasteiger partial charge in [-0.3, -0.25) is 4.79 Å². The summed E-state index contributed by atoms with van der Waals surface area (Å²) in [6, 6.07) is 14.1. The van der Waals surface area contributed by atoms with E-state index in [1.807, 2.05) is 29.6 Å². The number of carbonyl (C=O) groups excluding carboxylic acids is 2. The van der Waals surface area contributed by atoms with E-state index in [-0.39, 0.29) is 11.7 Å². The minimum Gasteiger partial charge on any atom is -0.465 e. The fraction of sp³-hybridized carbons (Fsp3) is 0.105. The van der Waals surface area contributed by atoms with Gasteiger partial charge in [-0.1, -0.05) is 17.8 Å². The predicted molar refractivity (Wildman–Crippen MR) is 111 cm³/mol. The minimum absolute atomic E-state index is 0.176. The van der Waals surface area contributed by atoms with E-state index in [0.717, 1.165) is 4.88 Å². The molecule has 1 amide bonds. The number of nitrogens with one attached hydrogen (secondary N) is 1. The molecule has 3 heterocycles. The van der Waals surface area contributed by atoms with E-state index in [9.17, 15) is 9.59 Å². The van der Waals surface area contributed by atoms with E-state index in [1.54, 1.807) is 40.1 Å². The Labute approximate surface area is 173 Å². The lowest BCUT2D eigenvalue weighted by molar-refractivity contribution is -0.113. The summed E-state index contributed by atoms with van der Waals surface area (Å²) in [5.41, 5.74) is 1.67. The van der Waals surface area contributed by atoms with Crippen molar-refractivity contribution >= 4 is 46.3 Å². The van der Waals surface area contributed by atoms with Gasteiger partial charge in [0, 0.05) is 5.69 Å². The zero-order valence-electron chi connectivity index (χ0n) is 15.2. The molecule has 146 valence electrons. The summed E-state index contributed by atoms with van der Waals surface area (Å²) in [7, 11) is 1.32. The normalized spacial score (nSPS) is 10.8. The summed E-state index contributed by atoms with van der Waals surface area (Å²) in [5.74, 6) is 0.265. The summed E-state index contributed by atoms with van der Waals surface area (Å²) >= 11 is 2.88. The number of ether oxygens (including phenoxy) is 1. The first kappa shape index (κ1) is 19.1. The number of rotatable bonds is 6. The molecule has 0 atom stereocenters. The lowest BCUT2D eigenvalue weighted by atomic mass is 10.2. The van der Waals surface area contributed by atoms with Crippen LogP contribution >= 0.6 is 23.1 Å². The maximum atomic E-state index is 12.2. The molecule has 1 aromatic carbocycles. The Balaban J connectivity index is 1.41. The zero-order valence-corrected chi connectivity index (χ0v) is 16.9. The van der Waals surface area contributed by atoms with Crippen molar-refractivity contribution in [2.24, 2.45) is 0 Å². The number of aromatic nitrogens is 4. The second-order valence-electron chi connectivity index (χ2n) is 5.85. The number of thiophene rings is 1. The zero-order chi connectivity index (χ0) is 20.2. The number of nitrogens with zero attached hydrogens (tertiary/aromatic N) is 4. The van der Waals surface area contributed by atoms with Crippen LogP contribution in [0, 0.1) is 0 Å². The third kappa shape index (κ3) is 4.28. The highest BCUT2D eigenvalue weighted by Crippen LogP contribution is 2.24. The molecule has 0 fully saturated rings. The molecule has 29 heavy (non-hydrogen) atoms. The molecule has 0 aliphatic carbocycles. The topological polar surface area (TPSA) is 98.5 Å². The van der Waals surface area contributed by atoms with Gasteiger partial charge in [-0.05, 0) is 47.8 Å². The van der Waals surface area contributed by atoms with Crippen LogP contribution in [0.1, 0.15) is 10.4 Å². The average Bonchev–Trinajstić information content (AvgIpc) is 3.41. The van der Waals surface area contributed by atoms with Gasteiger partial charge in [0.15, 0.2) is 11.5 Å². The molecule has 3 aromatic heterocycles. The van der Waals surface area contributed by atoms with Crippen LogP contribution in [0.15, 0.2) is 58.9 Å². The molecule has 0 aliphatic heterocycles. The molecule has 0 spiro atoms. The van der Waals surface area contributed by atoms with Crippen LogP contribution in [-0.4, -0.2) is 44.6 Å². The smallest absolute Gasteiger partial charge is 0.337 e. The molecule has 0 bridgehead atoms. The van der Waals surface area contributed by atoms with E-state index in [2.05, 4.69) is 25.3 Å². The number of hydrogen-bond acceptors (Lipinski definition) is 8. The van der Waals surface area contributed by atoms with E-state index in [1.165, 1.54) is 18.9 Å². The number of thioether (sulfide) groups is 1. The molecule has 10 heteroatoms. The Morgan fingerprint density at radius 2 is 1.97 bits per heavy atom. The highest BCUT2D eigenvalue weighted by molar-refractivity contribution is 7.99. The highest BCUT2D eigenvalue weighted by Gasteiger charge is 2.12. The molecular weight excluding hydrogens is 410 g/mol.